The van der Waals surface area contributed by atoms with Gasteiger partial charge in [-0.3, -0.25) is 0 Å². The van der Waals surface area contributed by atoms with E-state index < -0.39 is 12.3 Å². The van der Waals surface area contributed by atoms with E-state index >= 15 is 0 Å². The SMILES string of the molecule is FC(F)(F)C1C=Cc2cc[c]cc2O1. The third-order valence-corrected chi connectivity index (χ3v) is 1.89. The summed E-state index contributed by atoms with van der Waals surface area (Å²) in [4.78, 5) is 0. The van der Waals surface area contributed by atoms with Crippen LogP contribution in [0.2, 0.25) is 0 Å². The highest BCUT2D eigenvalue weighted by Crippen LogP contribution is 2.32. The Hall–Kier alpha value is -1.45. The van der Waals surface area contributed by atoms with Crippen LogP contribution in [-0.2, 0) is 0 Å². The van der Waals surface area contributed by atoms with E-state index in [0.29, 0.717) is 5.56 Å². The first-order valence-corrected chi connectivity index (χ1v) is 3.99. The fourth-order valence-electron chi connectivity index (χ4n) is 1.21. The van der Waals surface area contributed by atoms with Crippen molar-refractivity contribution in [1.29, 1.82) is 0 Å². The van der Waals surface area contributed by atoms with Crippen LogP contribution in [0.5, 0.6) is 5.75 Å². The molecule has 4 heteroatoms. The maximum atomic E-state index is 12.2. The molecule has 0 fully saturated rings. The fraction of sp³-hybridized carbons (Fsp3) is 0.200. The van der Waals surface area contributed by atoms with Gasteiger partial charge in [0, 0.05) is 5.56 Å². The molecule has 0 bridgehead atoms. The zero-order valence-electron chi connectivity index (χ0n) is 7.01. The van der Waals surface area contributed by atoms with Crippen LogP contribution in [-0.4, -0.2) is 12.3 Å². The van der Waals surface area contributed by atoms with E-state index in [1.54, 1.807) is 12.1 Å². The molecule has 1 heterocycles. The lowest BCUT2D eigenvalue weighted by molar-refractivity contribution is -0.180. The molecule has 0 aromatic heterocycles. The number of hydrogen-bond acceptors (Lipinski definition) is 1. The van der Waals surface area contributed by atoms with E-state index in [9.17, 15) is 13.2 Å². The Morgan fingerprint density at radius 3 is 2.86 bits per heavy atom. The van der Waals surface area contributed by atoms with E-state index in [0.717, 1.165) is 6.08 Å². The summed E-state index contributed by atoms with van der Waals surface area (Å²) in [5.41, 5.74) is 0.643. The highest BCUT2D eigenvalue weighted by molar-refractivity contribution is 5.59. The molecule has 1 aliphatic rings. The van der Waals surface area contributed by atoms with Gasteiger partial charge in [-0.05, 0) is 18.2 Å². The number of halogens is 3. The molecule has 1 aromatic rings. The second-order valence-electron chi connectivity index (χ2n) is 2.90. The Kier molecular flexibility index (Phi) is 1.98. The van der Waals surface area contributed by atoms with E-state index in [4.69, 9.17) is 4.74 Å². The van der Waals surface area contributed by atoms with Gasteiger partial charge in [0.15, 0.2) is 0 Å². The molecule has 14 heavy (non-hydrogen) atoms. The fourth-order valence-corrected chi connectivity index (χ4v) is 1.21. The van der Waals surface area contributed by atoms with Crippen LogP contribution in [0.1, 0.15) is 5.56 Å². The Morgan fingerprint density at radius 1 is 1.36 bits per heavy atom. The van der Waals surface area contributed by atoms with E-state index in [2.05, 4.69) is 6.07 Å². The first-order valence-electron chi connectivity index (χ1n) is 3.99. The molecule has 1 aliphatic heterocycles. The van der Waals surface area contributed by atoms with E-state index in [-0.39, 0.29) is 5.75 Å². The van der Waals surface area contributed by atoms with Crippen molar-refractivity contribution in [1.82, 2.24) is 0 Å². The van der Waals surface area contributed by atoms with Crippen LogP contribution in [0, 0.1) is 6.07 Å². The van der Waals surface area contributed by atoms with Crippen LogP contribution >= 0.6 is 0 Å². The average molecular weight is 199 g/mol. The summed E-state index contributed by atoms with van der Waals surface area (Å²) < 4.78 is 41.5. The summed E-state index contributed by atoms with van der Waals surface area (Å²) in [6.45, 7) is 0. The standard InChI is InChI=1S/C10H6F3O/c11-10(12,13)9-6-5-7-3-1-2-4-8(7)14-9/h1,3-6,9H. The molecule has 0 aliphatic carbocycles. The quantitative estimate of drug-likeness (QED) is 0.624. The molecule has 1 nitrogen and oxygen atoms in total. The summed E-state index contributed by atoms with van der Waals surface area (Å²) in [5, 5.41) is 0. The van der Waals surface area contributed by atoms with Crippen LogP contribution in [0.15, 0.2) is 24.3 Å². The van der Waals surface area contributed by atoms with Gasteiger partial charge < -0.3 is 4.74 Å². The smallest absolute Gasteiger partial charge is 0.429 e. The normalized spacial score (nSPS) is 20.1. The summed E-state index contributed by atoms with van der Waals surface area (Å²) >= 11 is 0. The van der Waals surface area contributed by atoms with Crippen molar-refractivity contribution >= 4 is 6.08 Å². The largest absolute Gasteiger partial charge is 0.476 e. The molecule has 1 radical (unpaired) electrons. The molecule has 1 aromatic carbocycles. The van der Waals surface area contributed by atoms with Crippen molar-refractivity contribution in [2.75, 3.05) is 0 Å². The molecule has 0 amide bonds. The number of fused-ring (bicyclic) bond motifs is 1. The van der Waals surface area contributed by atoms with Gasteiger partial charge >= 0.3 is 6.18 Å². The number of benzene rings is 1. The zero-order valence-corrected chi connectivity index (χ0v) is 7.01. The molecule has 0 saturated heterocycles. The van der Waals surface area contributed by atoms with Crippen molar-refractivity contribution in [3.05, 3.63) is 35.9 Å². The van der Waals surface area contributed by atoms with Crippen molar-refractivity contribution < 1.29 is 17.9 Å². The lowest BCUT2D eigenvalue weighted by Crippen LogP contribution is -2.33. The van der Waals surface area contributed by atoms with Gasteiger partial charge in [0.2, 0.25) is 6.10 Å². The van der Waals surface area contributed by atoms with Crippen LogP contribution in [0.3, 0.4) is 0 Å². The van der Waals surface area contributed by atoms with E-state index in [1.807, 2.05) is 0 Å². The Morgan fingerprint density at radius 2 is 2.14 bits per heavy atom. The Labute approximate surface area is 78.8 Å². The van der Waals surface area contributed by atoms with Gasteiger partial charge in [-0.1, -0.05) is 18.2 Å². The molecule has 1 unspecified atom stereocenters. The van der Waals surface area contributed by atoms with Gasteiger partial charge in [-0.2, -0.15) is 13.2 Å². The Bertz CT molecular complexity index is 368. The third kappa shape index (κ3) is 1.60. The Balaban J connectivity index is 2.30. The topological polar surface area (TPSA) is 9.23 Å². The monoisotopic (exact) mass is 199 g/mol. The predicted octanol–water partition coefficient (Wildman–Crippen LogP) is 2.82. The van der Waals surface area contributed by atoms with Gasteiger partial charge in [0.1, 0.15) is 5.75 Å². The van der Waals surface area contributed by atoms with Crippen LogP contribution in [0.25, 0.3) is 6.08 Å². The maximum absolute atomic E-state index is 12.2. The molecule has 73 valence electrons. The minimum absolute atomic E-state index is 0.220. The molecule has 1 atom stereocenters. The average Bonchev–Trinajstić information content (AvgIpc) is 2.16. The number of rotatable bonds is 0. The van der Waals surface area contributed by atoms with Gasteiger partial charge in [0.05, 0.1) is 0 Å². The van der Waals surface area contributed by atoms with Crippen molar-refractivity contribution in [3.8, 4) is 5.75 Å². The van der Waals surface area contributed by atoms with Crippen LogP contribution in [0.4, 0.5) is 13.2 Å². The van der Waals surface area contributed by atoms with Crippen molar-refractivity contribution in [2.45, 2.75) is 12.3 Å². The van der Waals surface area contributed by atoms with Gasteiger partial charge in [-0.15, -0.1) is 0 Å². The number of ether oxygens (including phenoxy) is 1. The summed E-state index contributed by atoms with van der Waals surface area (Å²) in [6.07, 6.45) is -3.79. The summed E-state index contributed by atoms with van der Waals surface area (Å²) in [6, 6.07) is 7.34. The van der Waals surface area contributed by atoms with Gasteiger partial charge in [0.25, 0.3) is 0 Å². The second-order valence-corrected chi connectivity index (χ2v) is 2.90. The lowest BCUT2D eigenvalue weighted by atomic mass is 10.1. The molecule has 0 N–H and O–H groups in total. The van der Waals surface area contributed by atoms with Crippen LogP contribution < -0.4 is 4.74 Å². The first kappa shape index (κ1) is 9.12. The summed E-state index contributed by atoms with van der Waals surface area (Å²) in [5.74, 6) is 0.220. The third-order valence-electron chi connectivity index (χ3n) is 1.89. The maximum Gasteiger partial charge on any atom is 0.429 e. The summed E-state index contributed by atoms with van der Waals surface area (Å²) in [7, 11) is 0. The minimum atomic E-state index is -4.36. The highest BCUT2D eigenvalue weighted by atomic mass is 19.4. The number of alkyl halides is 3. The molecule has 0 saturated carbocycles. The van der Waals surface area contributed by atoms with Crippen molar-refractivity contribution in [3.63, 3.8) is 0 Å². The van der Waals surface area contributed by atoms with Gasteiger partial charge in [-0.25, -0.2) is 0 Å². The lowest BCUT2D eigenvalue weighted by Gasteiger charge is -2.23. The number of hydrogen-bond donors (Lipinski definition) is 0. The zero-order chi connectivity index (χ0) is 10.2. The minimum Gasteiger partial charge on any atom is -0.476 e. The predicted molar refractivity (Wildman–Crippen MR) is 44.8 cm³/mol. The molecular formula is C10H6F3O. The van der Waals surface area contributed by atoms with E-state index in [1.165, 1.54) is 12.1 Å². The first-order chi connectivity index (χ1) is 6.57. The second kappa shape index (κ2) is 3.04. The molecule has 0 spiro atoms. The molecule has 2 rings (SSSR count). The molecular weight excluding hydrogens is 193 g/mol. The highest BCUT2D eigenvalue weighted by Gasteiger charge is 2.41. The van der Waals surface area contributed by atoms with Crippen molar-refractivity contribution in [2.24, 2.45) is 0 Å².